The fourth-order valence-corrected chi connectivity index (χ4v) is 6.38. The third-order valence-electron chi connectivity index (χ3n) is 8.30. The molecule has 2 aromatic heterocycles. The van der Waals surface area contributed by atoms with Crippen LogP contribution in [0.3, 0.4) is 0 Å². The van der Waals surface area contributed by atoms with E-state index in [0.29, 0.717) is 18.5 Å². The highest BCUT2D eigenvalue weighted by molar-refractivity contribution is 5.96. The Balaban J connectivity index is 1.48. The summed E-state index contributed by atoms with van der Waals surface area (Å²) in [5.74, 6) is 1.21. The van der Waals surface area contributed by atoms with Crippen molar-refractivity contribution in [3.05, 3.63) is 59.5 Å². The van der Waals surface area contributed by atoms with Gasteiger partial charge in [0.2, 0.25) is 5.91 Å². The van der Waals surface area contributed by atoms with Gasteiger partial charge < -0.3 is 23.5 Å². The van der Waals surface area contributed by atoms with Gasteiger partial charge in [0.1, 0.15) is 11.6 Å². The zero-order valence-electron chi connectivity index (χ0n) is 22.7. The van der Waals surface area contributed by atoms with E-state index in [1.54, 1.807) is 24.1 Å². The van der Waals surface area contributed by atoms with Crippen LogP contribution in [0.15, 0.2) is 40.9 Å². The van der Waals surface area contributed by atoms with Gasteiger partial charge in [0.25, 0.3) is 0 Å². The van der Waals surface area contributed by atoms with Gasteiger partial charge in [-0.1, -0.05) is 11.2 Å². The number of rotatable bonds is 6. The van der Waals surface area contributed by atoms with Gasteiger partial charge in [0.05, 0.1) is 36.0 Å². The van der Waals surface area contributed by atoms with Crippen LogP contribution >= 0.6 is 0 Å². The molecule has 4 aromatic rings. The number of carbonyl (C=O) groups excluding carboxylic acids is 1. The fourth-order valence-electron chi connectivity index (χ4n) is 6.38. The van der Waals surface area contributed by atoms with Crippen molar-refractivity contribution in [3.8, 4) is 16.9 Å². The van der Waals surface area contributed by atoms with Crippen molar-refractivity contribution < 1.29 is 23.2 Å². The van der Waals surface area contributed by atoms with Gasteiger partial charge >= 0.3 is 0 Å². The Bertz CT molecular complexity index is 1520. The quantitative estimate of drug-likeness (QED) is 0.284. The number of aromatic nitrogens is 3. The number of aryl methyl sites for hydroxylation is 2. The van der Waals surface area contributed by atoms with Crippen molar-refractivity contribution in [2.75, 3.05) is 19.1 Å². The average Bonchev–Trinajstić information content (AvgIpc) is 3.62. The summed E-state index contributed by atoms with van der Waals surface area (Å²) in [5, 5.41) is 4.12. The second-order valence-corrected chi connectivity index (χ2v) is 10.5. The summed E-state index contributed by atoms with van der Waals surface area (Å²) in [5.41, 5.74) is 5.20. The molecular weight excluding hydrogens is 499 g/mol. The predicted molar refractivity (Wildman–Crippen MR) is 145 cm³/mol. The van der Waals surface area contributed by atoms with Crippen LogP contribution in [-0.2, 0) is 9.53 Å². The van der Waals surface area contributed by atoms with Crippen LogP contribution in [0.4, 0.5) is 10.1 Å². The molecule has 9 heteroatoms. The number of halogens is 1. The molecule has 0 spiro atoms. The number of ether oxygens (including phenoxy) is 2. The summed E-state index contributed by atoms with van der Waals surface area (Å²) in [7, 11) is 3.20. The van der Waals surface area contributed by atoms with Crippen molar-refractivity contribution >= 4 is 22.6 Å². The second-order valence-electron chi connectivity index (χ2n) is 10.5. The molecular formula is C30H33FN4O4. The van der Waals surface area contributed by atoms with E-state index in [2.05, 4.69) is 27.9 Å². The third kappa shape index (κ3) is 4.38. The van der Waals surface area contributed by atoms with Crippen LogP contribution in [0.5, 0.6) is 5.75 Å². The van der Waals surface area contributed by atoms with Crippen LogP contribution in [-0.4, -0.2) is 40.9 Å². The molecule has 1 saturated carbocycles. The highest BCUT2D eigenvalue weighted by Gasteiger charge is 2.38. The molecule has 1 aliphatic heterocycles. The summed E-state index contributed by atoms with van der Waals surface area (Å²) in [4.78, 5) is 20.1. The SMILES string of the molecule is COc1ccc(N2C(=O)CCC2c2nc3cc(-c4c(C)noc4C)ccc3n2C2CCC(OC)CC2)cc1F. The van der Waals surface area contributed by atoms with Crippen LogP contribution in [0.1, 0.15) is 67.9 Å². The lowest BCUT2D eigenvalue weighted by atomic mass is 9.92. The molecule has 2 fully saturated rings. The molecule has 0 bridgehead atoms. The summed E-state index contributed by atoms with van der Waals surface area (Å²) in [6.45, 7) is 3.85. The van der Waals surface area contributed by atoms with Crippen molar-refractivity contribution in [1.29, 1.82) is 0 Å². The third-order valence-corrected chi connectivity index (χ3v) is 8.30. The van der Waals surface area contributed by atoms with Gasteiger partial charge in [-0.05, 0) is 75.8 Å². The van der Waals surface area contributed by atoms with E-state index >= 15 is 0 Å². The van der Waals surface area contributed by atoms with E-state index in [9.17, 15) is 9.18 Å². The lowest BCUT2D eigenvalue weighted by Crippen LogP contribution is -2.31. The topological polar surface area (TPSA) is 82.6 Å². The summed E-state index contributed by atoms with van der Waals surface area (Å²) in [6, 6.07) is 10.9. The maximum absolute atomic E-state index is 14.7. The number of hydrogen-bond donors (Lipinski definition) is 0. The molecule has 1 aliphatic carbocycles. The number of imidazole rings is 1. The van der Waals surface area contributed by atoms with Crippen LogP contribution in [0, 0.1) is 19.7 Å². The summed E-state index contributed by atoms with van der Waals surface area (Å²) in [6.07, 6.45) is 5.10. The normalized spacial score (nSPS) is 21.7. The van der Waals surface area contributed by atoms with Gasteiger partial charge in [-0.3, -0.25) is 4.79 Å². The van der Waals surface area contributed by atoms with E-state index in [0.717, 1.165) is 65.1 Å². The minimum atomic E-state index is -0.496. The molecule has 1 unspecified atom stereocenters. The minimum absolute atomic E-state index is 0.0392. The first kappa shape index (κ1) is 25.6. The van der Waals surface area contributed by atoms with Gasteiger partial charge in [0.15, 0.2) is 11.6 Å². The molecule has 39 heavy (non-hydrogen) atoms. The lowest BCUT2D eigenvalue weighted by molar-refractivity contribution is -0.117. The largest absolute Gasteiger partial charge is 0.494 e. The lowest BCUT2D eigenvalue weighted by Gasteiger charge is -2.32. The summed E-state index contributed by atoms with van der Waals surface area (Å²) < 4.78 is 33.2. The van der Waals surface area contributed by atoms with Crippen molar-refractivity contribution in [2.45, 2.75) is 70.6 Å². The van der Waals surface area contributed by atoms with Crippen molar-refractivity contribution in [1.82, 2.24) is 14.7 Å². The zero-order chi connectivity index (χ0) is 27.3. The number of methoxy groups -OCH3 is 2. The zero-order valence-corrected chi connectivity index (χ0v) is 22.7. The maximum atomic E-state index is 14.7. The molecule has 2 aromatic carbocycles. The summed E-state index contributed by atoms with van der Waals surface area (Å²) >= 11 is 0. The Morgan fingerprint density at radius 1 is 1.03 bits per heavy atom. The number of benzene rings is 2. The molecule has 3 heterocycles. The Labute approximate surface area is 226 Å². The van der Waals surface area contributed by atoms with Crippen LogP contribution < -0.4 is 9.64 Å². The number of amides is 1. The van der Waals surface area contributed by atoms with Crippen LogP contribution in [0.2, 0.25) is 0 Å². The van der Waals surface area contributed by atoms with E-state index in [-0.39, 0.29) is 29.8 Å². The van der Waals surface area contributed by atoms with Gasteiger partial charge in [0, 0.05) is 36.9 Å². The fraction of sp³-hybridized carbons (Fsp3) is 0.433. The number of anilines is 1. The Morgan fingerprint density at radius 2 is 1.82 bits per heavy atom. The first-order valence-corrected chi connectivity index (χ1v) is 13.5. The minimum Gasteiger partial charge on any atom is -0.494 e. The van der Waals surface area contributed by atoms with E-state index in [1.807, 2.05) is 13.8 Å². The molecule has 204 valence electrons. The molecule has 8 nitrogen and oxygen atoms in total. The molecule has 6 rings (SSSR count). The van der Waals surface area contributed by atoms with Gasteiger partial charge in [-0.2, -0.15) is 0 Å². The first-order chi connectivity index (χ1) is 18.9. The van der Waals surface area contributed by atoms with Crippen molar-refractivity contribution in [2.24, 2.45) is 0 Å². The molecule has 1 saturated heterocycles. The molecule has 2 aliphatic rings. The molecule has 1 amide bonds. The number of nitrogens with zero attached hydrogens (tertiary/aromatic N) is 4. The first-order valence-electron chi connectivity index (χ1n) is 13.5. The number of carbonyl (C=O) groups is 1. The van der Waals surface area contributed by atoms with Crippen molar-refractivity contribution in [3.63, 3.8) is 0 Å². The predicted octanol–water partition coefficient (Wildman–Crippen LogP) is 6.45. The monoisotopic (exact) mass is 532 g/mol. The van der Waals surface area contributed by atoms with Gasteiger partial charge in [-0.25, -0.2) is 9.37 Å². The van der Waals surface area contributed by atoms with E-state index < -0.39 is 5.82 Å². The second kappa shape index (κ2) is 10.1. The van der Waals surface area contributed by atoms with Crippen LogP contribution in [0.25, 0.3) is 22.2 Å². The van der Waals surface area contributed by atoms with Gasteiger partial charge in [-0.15, -0.1) is 0 Å². The highest BCUT2D eigenvalue weighted by atomic mass is 19.1. The average molecular weight is 533 g/mol. The Kier molecular flexibility index (Phi) is 6.62. The highest BCUT2D eigenvalue weighted by Crippen LogP contribution is 2.43. The smallest absolute Gasteiger partial charge is 0.227 e. The maximum Gasteiger partial charge on any atom is 0.227 e. The standard InChI is InChI=1S/C30H33FN4O4/c1-17-29(18(2)39-33-17)19-5-11-25-24(15-19)32-30(35(25)20-6-9-22(37-3)10-7-20)26-12-14-28(36)34(26)21-8-13-27(38-4)23(31)16-21/h5,8,11,13,15-16,20,22,26H,6-7,9-10,12,14H2,1-4H3. The van der Waals surface area contributed by atoms with E-state index in [4.69, 9.17) is 19.0 Å². The van der Waals surface area contributed by atoms with E-state index in [1.165, 1.54) is 13.2 Å². The number of fused-ring (bicyclic) bond motifs is 1. The Morgan fingerprint density at radius 3 is 2.49 bits per heavy atom. The molecule has 1 atom stereocenters. The molecule has 0 radical (unpaired) electrons. The number of hydrogen-bond acceptors (Lipinski definition) is 6. The molecule has 0 N–H and O–H groups in total. The Hall–Kier alpha value is -3.72.